The predicted molar refractivity (Wildman–Crippen MR) is 153 cm³/mol. The molecule has 186 valence electrons. The van der Waals surface area contributed by atoms with Crippen molar-refractivity contribution >= 4 is 42.7 Å². The van der Waals surface area contributed by atoms with Crippen LogP contribution in [0.3, 0.4) is 0 Å². The second kappa shape index (κ2) is 7.82. The third-order valence-corrected chi connectivity index (χ3v) is 9.35. The Hall–Kier alpha value is -4.88. The van der Waals surface area contributed by atoms with Crippen LogP contribution in [0.4, 0.5) is 0 Å². The molecule has 0 radical (unpaired) electrons. The fourth-order valence-corrected chi connectivity index (χ4v) is 7.32. The number of benzene rings is 4. The minimum atomic E-state index is -3.69. The van der Waals surface area contributed by atoms with Crippen LogP contribution in [-0.2, 0) is 9.84 Å². The Balaban J connectivity index is 1.22. The molecule has 39 heavy (non-hydrogen) atoms. The van der Waals surface area contributed by atoms with Gasteiger partial charge in [0.15, 0.2) is 0 Å². The molecular weight excluding hydrogens is 504 g/mol. The molecule has 8 rings (SSSR count). The molecule has 7 heteroatoms. The lowest BCUT2D eigenvalue weighted by molar-refractivity contribution is 0.594. The van der Waals surface area contributed by atoms with Gasteiger partial charge in [0.2, 0.25) is 9.84 Å². The number of aryl methyl sites for hydroxylation is 1. The van der Waals surface area contributed by atoms with Gasteiger partial charge in [0.05, 0.1) is 43.2 Å². The van der Waals surface area contributed by atoms with Crippen molar-refractivity contribution < 1.29 is 8.42 Å². The number of para-hydroxylation sites is 1. The van der Waals surface area contributed by atoms with Crippen molar-refractivity contribution in [3.05, 3.63) is 109 Å². The first-order chi connectivity index (χ1) is 19.0. The van der Waals surface area contributed by atoms with E-state index in [1.54, 1.807) is 24.4 Å². The van der Waals surface area contributed by atoms with Crippen molar-refractivity contribution in [3.63, 3.8) is 0 Å². The van der Waals surface area contributed by atoms with E-state index in [0.717, 1.165) is 50.0 Å². The van der Waals surface area contributed by atoms with Crippen LogP contribution in [0.25, 0.3) is 60.9 Å². The lowest BCUT2D eigenvalue weighted by Crippen LogP contribution is -2.15. The van der Waals surface area contributed by atoms with E-state index in [0.29, 0.717) is 26.5 Å². The van der Waals surface area contributed by atoms with Gasteiger partial charge in [0.1, 0.15) is 5.82 Å². The summed E-state index contributed by atoms with van der Waals surface area (Å²) in [4.78, 5) is 14.7. The van der Waals surface area contributed by atoms with Gasteiger partial charge in [-0.1, -0.05) is 60.7 Å². The molecule has 6 nitrogen and oxygen atoms in total. The molecule has 0 amide bonds. The number of sulfone groups is 1. The molecule has 0 spiro atoms. The summed E-state index contributed by atoms with van der Waals surface area (Å²) in [6.07, 6.45) is 1.79. The summed E-state index contributed by atoms with van der Waals surface area (Å²) < 4.78 is 29.3. The summed E-state index contributed by atoms with van der Waals surface area (Å²) in [7, 11) is -3.69. The van der Waals surface area contributed by atoms with Crippen molar-refractivity contribution in [2.75, 3.05) is 0 Å². The van der Waals surface area contributed by atoms with Crippen molar-refractivity contribution in [1.29, 1.82) is 0 Å². The smallest absolute Gasteiger partial charge is 0.210 e. The van der Waals surface area contributed by atoms with Crippen molar-refractivity contribution in [2.24, 2.45) is 0 Å². The highest BCUT2D eigenvalue weighted by atomic mass is 32.2. The van der Waals surface area contributed by atoms with Gasteiger partial charge < -0.3 is 0 Å². The fraction of sp³-hybridized carbons (Fsp3) is 0.0312. The lowest BCUT2D eigenvalue weighted by atomic mass is 10.0. The SMILES string of the molecule is Cc1nc2cccc3c2n1-c1ccc(-c2ccc(-c4ccc5ccc6cccnc6c5n4)cc2)cc1S3(=O)=O. The Bertz CT molecular complexity index is 2250. The molecule has 0 saturated carbocycles. The molecule has 1 aliphatic rings. The van der Waals surface area contributed by atoms with E-state index in [1.807, 2.05) is 72.2 Å². The Morgan fingerprint density at radius 2 is 1.41 bits per heavy atom. The van der Waals surface area contributed by atoms with Crippen LogP contribution < -0.4 is 0 Å². The minimum Gasteiger partial charge on any atom is -0.294 e. The van der Waals surface area contributed by atoms with E-state index in [4.69, 9.17) is 4.98 Å². The van der Waals surface area contributed by atoms with Gasteiger partial charge in [0.25, 0.3) is 0 Å². The number of hydrogen-bond donors (Lipinski definition) is 0. The fourth-order valence-electron chi connectivity index (χ4n) is 5.65. The van der Waals surface area contributed by atoms with E-state index in [1.165, 1.54) is 0 Å². The summed E-state index contributed by atoms with van der Waals surface area (Å²) in [6, 6.07) is 31.1. The highest BCUT2D eigenvalue weighted by Gasteiger charge is 2.32. The van der Waals surface area contributed by atoms with Crippen LogP contribution in [-0.4, -0.2) is 27.9 Å². The average Bonchev–Trinajstić information content (AvgIpc) is 3.31. The van der Waals surface area contributed by atoms with Crippen LogP contribution in [0, 0.1) is 6.92 Å². The second-order valence-corrected chi connectivity index (χ2v) is 11.7. The van der Waals surface area contributed by atoms with E-state index in [-0.39, 0.29) is 0 Å². The largest absolute Gasteiger partial charge is 0.294 e. The number of nitrogens with zero attached hydrogens (tertiary/aromatic N) is 4. The van der Waals surface area contributed by atoms with Crippen LogP contribution in [0.5, 0.6) is 0 Å². The van der Waals surface area contributed by atoms with E-state index < -0.39 is 9.84 Å². The number of aromatic nitrogens is 4. The standard InChI is InChI=1S/C32H20N4O2S/c1-19-34-26-5-2-6-28-32(26)36(19)27-16-14-24(18-29(27)39(28,37)38)20-7-9-21(10-8-20)25-15-13-23-12-11-22-4-3-17-33-30(22)31(23)35-25/h2-18H,1H3. The molecular formula is C32H20N4O2S. The molecule has 0 fully saturated rings. The maximum atomic E-state index is 13.7. The number of rotatable bonds is 2. The van der Waals surface area contributed by atoms with Gasteiger partial charge >= 0.3 is 0 Å². The average molecular weight is 525 g/mol. The molecule has 4 heterocycles. The molecule has 4 aromatic carbocycles. The van der Waals surface area contributed by atoms with E-state index >= 15 is 0 Å². The highest BCUT2D eigenvalue weighted by molar-refractivity contribution is 7.92. The zero-order valence-electron chi connectivity index (χ0n) is 20.8. The lowest BCUT2D eigenvalue weighted by Gasteiger charge is -2.21. The summed E-state index contributed by atoms with van der Waals surface area (Å²) in [5.41, 5.74) is 7.32. The Kier molecular flexibility index (Phi) is 4.44. The van der Waals surface area contributed by atoms with Crippen LogP contribution in [0.1, 0.15) is 5.82 Å². The summed E-state index contributed by atoms with van der Waals surface area (Å²) in [5, 5.41) is 2.10. The topological polar surface area (TPSA) is 77.7 Å². The minimum absolute atomic E-state index is 0.292. The van der Waals surface area contributed by atoms with Crippen LogP contribution in [0.15, 0.2) is 113 Å². The van der Waals surface area contributed by atoms with Crippen LogP contribution >= 0.6 is 0 Å². The molecule has 0 unspecified atom stereocenters. The number of pyridine rings is 2. The number of imidazole rings is 1. The van der Waals surface area contributed by atoms with Crippen molar-refractivity contribution in [2.45, 2.75) is 16.7 Å². The molecule has 0 bridgehead atoms. The number of hydrogen-bond acceptors (Lipinski definition) is 5. The zero-order chi connectivity index (χ0) is 26.3. The second-order valence-electron chi connectivity index (χ2n) is 9.79. The number of fused-ring (bicyclic) bond motifs is 5. The van der Waals surface area contributed by atoms with Gasteiger partial charge in [-0.05, 0) is 54.4 Å². The molecule has 0 atom stereocenters. The maximum absolute atomic E-state index is 13.7. The van der Waals surface area contributed by atoms with Gasteiger partial charge in [-0.3, -0.25) is 9.55 Å². The predicted octanol–water partition coefficient (Wildman–Crippen LogP) is 6.91. The first-order valence-corrected chi connectivity index (χ1v) is 14.1. The Morgan fingerprint density at radius 3 is 2.26 bits per heavy atom. The first kappa shape index (κ1) is 22.1. The summed E-state index contributed by atoms with van der Waals surface area (Å²) >= 11 is 0. The van der Waals surface area contributed by atoms with Crippen molar-refractivity contribution in [1.82, 2.24) is 19.5 Å². The zero-order valence-corrected chi connectivity index (χ0v) is 21.6. The van der Waals surface area contributed by atoms with Gasteiger partial charge in [0, 0.05) is 22.5 Å². The third kappa shape index (κ3) is 3.14. The first-order valence-electron chi connectivity index (χ1n) is 12.6. The Morgan fingerprint density at radius 1 is 0.667 bits per heavy atom. The molecule has 1 aliphatic heterocycles. The highest BCUT2D eigenvalue weighted by Crippen LogP contribution is 2.40. The van der Waals surface area contributed by atoms with Crippen LogP contribution in [0.2, 0.25) is 0 Å². The maximum Gasteiger partial charge on any atom is 0.210 e. The molecule has 0 saturated heterocycles. The van der Waals surface area contributed by atoms with E-state index in [2.05, 4.69) is 28.2 Å². The van der Waals surface area contributed by atoms with E-state index in [9.17, 15) is 8.42 Å². The Labute approximate surface area is 224 Å². The van der Waals surface area contributed by atoms with Gasteiger partial charge in [-0.15, -0.1) is 0 Å². The molecule has 0 N–H and O–H groups in total. The summed E-state index contributed by atoms with van der Waals surface area (Å²) in [6.45, 7) is 1.90. The third-order valence-electron chi connectivity index (χ3n) is 7.53. The van der Waals surface area contributed by atoms with Gasteiger partial charge in [-0.25, -0.2) is 18.4 Å². The quantitative estimate of drug-likeness (QED) is 0.230. The molecule has 7 aromatic rings. The van der Waals surface area contributed by atoms with Gasteiger partial charge in [-0.2, -0.15) is 0 Å². The molecule has 0 aliphatic carbocycles. The monoisotopic (exact) mass is 524 g/mol. The summed E-state index contributed by atoms with van der Waals surface area (Å²) in [5.74, 6) is 0.761. The van der Waals surface area contributed by atoms with Crippen molar-refractivity contribution in [3.8, 4) is 28.1 Å². The molecule has 3 aromatic heterocycles. The normalized spacial score (nSPS) is 13.7.